The molecule has 0 radical (unpaired) electrons. The minimum absolute atomic E-state index is 0.836. The van der Waals surface area contributed by atoms with Gasteiger partial charge in [0.25, 0.3) is 0 Å². The first kappa shape index (κ1) is 27.0. The standard InChI is InChI=1S/C26H55N/c1-6-7-8-9-10-11-12-13-14-15-16-17-18-19-22-27(23-20-25(2)3)24-21-26(4)5/h25-26H,6-24H2,1-5H3. The Morgan fingerprint density at radius 1 is 0.444 bits per heavy atom. The van der Waals surface area contributed by atoms with Gasteiger partial charge in [0.15, 0.2) is 0 Å². The topological polar surface area (TPSA) is 3.24 Å². The highest BCUT2D eigenvalue weighted by molar-refractivity contribution is 4.62. The zero-order valence-corrected chi connectivity index (χ0v) is 20.0. The normalized spacial score (nSPS) is 12.0. The second-order valence-electron chi connectivity index (χ2n) is 9.80. The molecular formula is C26H55N. The van der Waals surface area contributed by atoms with E-state index < -0.39 is 0 Å². The molecule has 0 bridgehead atoms. The van der Waals surface area contributed by atoms with Crippen LogP contribution in [0, 0.1) is 11.8 Å². The maximum atomic E-state index is 2.74. The highest BCUT2D eigenvalue weighted by Crippen LogP contribution is 2.14. The van der Waals surface area contributed by atoms with E-state index in [0.717, 1.165) is 11.8 Å². The molecule has 0 aromatic carbocycles. The Morgan fingerprint density at radius 3 is 1.11 bits per heavy atom. The van der Waals surface area contributed by atoms with Crippen molar-refractivity contribution in [1.82, 2.24) is 4.90 Å². The van der Waals surface area contributed by atoms with Crippen molar-refractivity contribution in [2.45, 2.75) is 137 Å². The van der Waals surface area contributed by atoms with Gasteiger partial charge in [-0.2, -0.15) is 0 Å². The van der Waals surface area contributed by atoms with Crippen molar-refractivity contribution in [3.63, 3.8) is 0 Å². The van der Waals surface area contributed by atoms with Crippen LogP contribution in [0.25, 0.3) is 0 Å². The predicted octanol–water partition coefficient (Wildman–Crippen LogP) is 8.86. The summed E-state index contributed by atoms with van der Waals surface area (Å²) in [5, 5.41) is 0. The summed E-state index contributed by atoms with van der Waals surface area (Å²) in [5.74, 6) is 1.67. The largest absolute Gasteiger partial charge is 0.303 e. The summed E-state index contributed by atoms with van der Waals surface area (Å²) in [4.78, 5) is 2.74. The highest BCUT2D eigenvalue weighted by Gasteiger charge is 2.07. The van der Waals surface area contributed by atoms with Crippen molar-refractivity contribution in [2.24, 2.45) is 11.8 Å². The number of hydrogen-bond acceptors (Lipinski definition) is 1. The molecule has 27 heavy (non-hydrogen) atoms. The Balaban J connectivity index is 3.45. The molecule has 0 aliphatic carbocycles. The zero-order chi connectivity index (χ0) is 20.2. The van der Waals surface area contributed by atoms with Crippen LogP contribution in [-0.2, 0) is 0 Å². The van der Waals surface area contributed by atoms with Crippen LogP contribution in [0.5, 0.6) is 0 Å². The van der Waals surface area contributed by atoms with Crippen LogP contribution >= 0.6 is 0 Å². The number of nitrogens with zero attached hydrogens (tertiary/aromatic N) is 1. The van der Waals surface area contributed by atoms with Gasteiger partial charge in [-0.1, -0.05) is 118 Å². The van der Waals surface area contributed by atoms with Gasteiger partial charge in [-0.15, -0.1) is 0 Å². The van der Waals surface area contributed by atoms with Gasteiger partial charge in [0.1, 0.15) is 0 Å². The van der Waals surface area contributed by atoms with Crippen molar-refractivity contribution in [1.29, 1.82) is 0 Å². The first-order valence-corrected chi connectivity index (χ1v) is 12.8. The molecule has 0 aliphatic rings. The molecule has 0 unspecified atom stereocenters. The van der Waals surface area contributed by atoms with Crippen molar-refractivity contribution >= 4 is 0 Å². The Kier molecular flexibility index (Phi) is 20.7. The molecule has 0 saturated heterocycles. The van der Waals surface area contributed by atoms with E-state index in [9.17, 15) is 0 Å². The van der Waals surface area contributed by atoms with Crippen LogP contribution < -0.4 is 0 Å². The van der Waals surface area contributed by atoms with Gasteiger partial charge < -0.3 is 4.90 Å². The lowest BCUT2D eigenvalue weighted by Gasteiger charge is -2.24. The second-order valence-corrected chi connectivity index (χ2v) is 9.80. The van der Waals surface area contributed by atoms with E-state index in [1.54, 1.807) is 0 Å². The fourth-order valence-corrected chi connectivity index (χ4v) is 3.75. The molecule has 0 rings (SSSR count). The molecule has 1 heteroatoms. The van der Waals surface area contributed by atoms with Crippen molar-refractivity contribution in [3.8, 4) is 0 Å². The summed E-state index contributed by atoms with van der Waals surface area (Å²) < 4.78 is 0. The van der Waals surface area contributed by atoms with E-state index in [2.05, 4.69) is 39.5 Å². The highest BCUT2D eigenvalue weighted by atomic mass is 15.1. The Hall–Kier alpha value is -0.0400. The second kappa shape index (κ2) is 20.7. The molecule has 0 spiro atoms. The number of unbranched alkanes of at least 4 members (excludes halogenated alkanes) is 13. The average Bonchev–Trinajstić information content (AvgIpc) is 2.63. The lowest BCUT2D eigenvalue weighted by Crippen LogP contribution is -2.28. The van der Waals surface area contributed by atoms with E-state index in [4.69, 9.17) is 0 Å². The molecule has 0 aromatic rings. The maximum Gasteiger partial charge on any atom is -0.00163 e. The fourth-order valence-electron chi connectivity index (χ4n) is 3.75. The van der Waals surface area contributed by atoms with Crippen LogP contribution in [0.1, 0.15) is 137 Å². The summed E-state index contributed by atoms with van der Waals surface area (Å²) in [5.41, 5.74) is 0. The number of hydrogen-bond donors (Lipinski definition) is 0. The van der Waals surface area contributed by atoms with E-state index in [-0.39, 0.29) is 0 Å². The molecule has 0 saturated carbocycles. The summed E-state index contributed by atoms with van der Waals surface area (Å²) in [6.07, 6.45) is 23.1. The molecule has 0 fully saturated rings. The fraction of sp³-hybridized carbons (Fsp3) is 1.00. The van der Waals surface area contributed by atoms with Gasteiger partial charge in [-0.05, 0) is 50.7 Å². The predicted molar refractivity (Wildman–Crippen MR) is 126 cm³/mol. The van der Waals surface area contributed by atoms with Gasteiger partial charge >= 0.3 is 0 Å². The third-order valence-corrected chi connectivity index (χ3v) is 5.87. The van der Waals surface area contributed by atoms with E-state index in [1.165, 1.54) is 122 Å². The van der Waals surface area contributed by atoms with Gasteiger partial charge in [0.05, 0.1) is 0 Å². The Morgan fingerprint density at radius 2 is 0.778 bits per heavy atom. The van der Waals surface area contributed by atoms with Crippen molar-refractivity contribution in [2.75, 3.05) is 19.6 Å². The monoisotopic (exact) mass is 381 g/mol. The summed E-state index contributed by atoms with van der Waals surface area (Å²) in [6.45, 7) is 15.7. The smallest absolute Gasteiger partial charge is 0.00163 e. The number of rotatable bonds is 21. The first-order valence-electron chi connectivity index (χ1n) is 12.8. The molecule has 0 amide bonds. The SMILES string of the molecule is CCCCCCCCCCCCCCCCN(CCC(C)C)CCC(C)C. The average molecular weight is 382 g/mol. The first-order chi connectivity index (χ1) is 13.1. The third-order valence-electron chi connectivity index (χ3n) is 5.87. The lowest BCUT2D eigenvalue weighted by molar-refractivity contribution is 0.238. The molecule has 0 heterocycles. The summed E-state index contributed by atoms with van der Waals surface area (Å²) in [6, 6.07) is 0. The molecule has 0 atom stereocenters. The van der Waals surface area contributed by atoms with Crippen LogP contribution in [0.4, 0.5) is 0 Å². The molecule has 0 aliphatic heterocycles. The Bertz CT molecular complexity index is 259. The van der Waals surface area contributed by atoms with E-state index in [1.807, 2.05) is 0 Å². The van der Waals surface area contributed by atoms with Crippen LogP contribution in [0.2, 0.25) is 0 Å². The molecule has 0 aromatic heterocycles. The summed E-state index contributed by atoms with van der Waals surface area (Å²) in [7, 11) is 0. The summed E-state index contributed by atoms with van der Waals surface area (Å²) >= 11 is 0. The third kappa shape index (κ3) is 22.1. The zero-order valence-electron chi connectivity index (χ0n) is 20.0. The maximum absolute atomic E-state index is 2.74. The van der Waals surface area contributed by atoms with Crippen LogP contribution in [0.3, 0.4) is 0 Å². The van der Waals surface area contributed by atoms with Gasteiger partial charge in [-0.3, -0.25) is 0 Å². The Labute approximate surface area is 174 Å². The van der Waals surface area contributed by atoms with Gasteiger partial charge in [-0.25, -0.2) is 0 Å². The van der Waals surface area contributed by atoms with Gasteiger partial charge in [0.2, 0.25) is 0 Å². The molecule has 0 N–H and O–H groups in total. The van der Waals surface area contributed by atoms with E-state index in [0.29, 0.717) is 0 Å². The minimum Gasteiger partial charge on any atom is -0.303 e. The quantitative estimate of drug-likeness (QED) is 0.179. The van der Waals surface area contributed by atoms with Crippen molar-refractivity contribution in [3.05, 3.63) is 0 Å². The minimum atomic E-state index is 0.836. The van der Waals surface area contributed by atoms with Crippen LogP contribution in [0.15, 0.2) is 0 Å². The molecule has 164 valence electrons. The van der Waals surface area contributed by atoms with E-state index >= 15 is 0 Å². The molecule has 1 nitrogen and oxygen atoms in total. The van der Waals surface area contributed by atoms with Gasteiger partial charge in [0, 0.05) is 0 Å². The van der Waals surface area contributed by atoms with Crippen LogP contribution in [-0.4, -0.2) is 24.5 Å². The van der Waals surface area contributed by atoms with Crippen molar-refractivity contribution < 1.29 is 0 Å². The lowest BCUT2D eigenvalue weighted by atomic mass is 10.0. The molecular weight excluding hydrogens is 326 g/mol.